The summed E-state index contributed by atoms with van der Waals surface area (Å²) in [6.07, 6.45) is 0.282. The smallest absolute Gasteiger partial charge is 0.231 e. The maximum atomic E-state index is 12.4. The summed E-state index contributed by atoms with van der Waals surface area (Å²) in [5.74, 6) is 1.35. The molecular weight excluding hydrogens is 352 g/mol. The van der Waals surface area contributed by atoms with Crippen LogP contribution in [0.1, 0.15) is 17.0 Å². The Labute approximate surface area is 154 Å². The third kappa shape index (κ3) is 3.03. The molecule has 0 bridgehead atoms. The summed E-state index contributed by atoms with van der Waals surface area (Å²) in [6.45, 7) is 4.12. The minimum atomic E-state index is -0.101. The van der Waals surface area contributed by atoms with Crippen molar-refractivity contribution in [3.63, 3.8) is 0 Å². The second kappa shape index (κ2) is 6.45. The van der Waals surface area contributed by atoms with Crippen molar-refractivity contribution in [2.45, 2.75) is 20.3 Å². The molecule has 0 saturated heterocycles. The molecule has 0 fully saturated rings. The van der Waals surface area contributed by atoms with Gasteiger partial charge in [-0.2, -0.15) is 5.10 Å². The van der Waals surface area contributed by atoms with Crippen molar-refractivity contribution in [1.82, 2.24) is 14.8 Å². The van der Waals surface area contributed by atoms with E-state index in [2.05, 4.69) is 15.4 Å². The molecule has 0 atom stereocenters. The van der Waals surface area contributed by atoms with Gasteiger partial charge in [-0.15, -0.1) is 11.3 Å². The lowest BCUT2D eigenvalue weighted by atomic mass is 10.1. The predicted molar refractivity (Wildman–Crippen MR) is 98.7 cm³/mol. The average Bonchev–Trinajstić information content (AvgIpc) is 3.31. The fraction of sp³-hybridized carbons (Fsp3) is 0.278. The first-order chi connectivity index (χ1) is 12.5. The molecule has 1 aliphatic heterocycles. The maximum Gasteiger partial charge on any atom is 0.231 e. The summed E-state index contributed by atoms with van der Waals surface area (Å²) in [5, 5.41) is 9.70. The number of aryl methyl sites for hydroxylation is 2. The van der Waals surface area contributed by atoms with Crippen LogP contribution in [0, 0.1) is 13.8 Å². The molecule has 1 aromatic carbocycles. The van der Waals surface area contributed by atoms with Crippen LogP contribution >= 0.6 is 11.3 Å². The Morgan fingerprint density at radius 1 is 1.31 bits per heavy atom. The Balaban J connectivity index is 1.47. The van der Waals surface area contributed by atoms with Crippen molar-refractivity contribution < 1.29 is 14.3 Å². The van der Waals surface area contributed by atoms with Crippen LogP contribution in [-0.4, -0.2) is 27.5 Å². The van der Waals surface area contributed by atoms with E-state index in [1.165, 1.54) is 11.3 Å². The molecule has 0 spiro atoms. The van der Waals surface area contributed by atoms with Crippen molar-refractivity contribution in [1.29, 1.82) is 0 Å². The molecule has 8 heteroatoms. The number of anilines is 1. The summed E-state index contributed by atoms with van der Waals surface area (Å²) in [7, 11) is 1.88. The second-order valence-electron chi connectivity index (χ2n) is 6.10. The number of benzene rings is 1. The number of hydrogen-bond donors (Lipinski definition) is 1. The minimum Gasteiger partial charge on any atom is -0.454 e. The Kier molecular flexibility index (Phi) is 4.12. The zero-order valence-corrected chi connectivity index (χ0v) is 15.5. The maximum absolute atomic E-state index is 12.4. The Hall–Kier alpha value is -2.87. The molecule has 1 N–H and O–H groups in total. The molecule has 3 heterocycles. The SMILES string of the molecule is Cc1nn(C)c(C)c1CC(=O)Nc1nc(-c2ccc3c(c2)OCO3)cs1. The number of fused-ring (bicyclic) bond motifs is 1. The van der Waals surface area contributed by atoms with Gasteiger partial charge < -0.3 is 14.8 Å². The Morgan fingerprint density at radius 2 is 2.12 bits per heavy atom. The molecule has 1 aliphatic rings. The molecule has 4 rings (SSSR count). The van der Waals surface area contributed by atoms with E-state index in [9.17, 15) is 4.79 Å². The van der Waals surface area contributed by atoms with Gasteiger partial charge in [-0.05, 0) is 32.0 Å². The van der Waals surface area contributed by atoms with Gasteiger partial charge >= 0.3 is 0 Å². The molecule has 2 aromatic heterocycles. The van der Waals surface area contributed by atoms with Crippen molar-refractivity contribution in [2.75, 3.05) is 12.1 Å². The number of carbonyl (C=O) groups is 1. The van der Waals surface area contributed by atoms with E-state index in [1.54, 1.807) is 4.68 Å². The number of nitrogens with one attached hydrogen (secondary N) is 1. The molecule has 3 aromatic rings. The highest BCUT2D eigenvalue weighted by Gasteiger charge is 2.17. The summed E-state index contributed by atoms with van der Waals surface area (Å²) in [5.41, 5.74) is 4.54. The third-order valence-electron chi connectivity index (χ3n) is 4.42. The number of thiazole rings is 1. The van der Waals surface area contributed by atoms with Gasteiger partial charge in [0, 0.05) is 29.2 Å². The van der Waals surface area contributed by atoms with Gasteiger partial charge in [0.15, 0.2) is 16.6 Å². The fourth-order valence-corrected chi connectivity index (χ4v) is 3.65. The quantitative estimate of drug-likeness (QED) is 0.764. The number of carbonyl (C=O) groups excluding carboxylic acids is 1. The van der Waals surface area contributed by atoms with Crippen LogP contribution in [-0.2, 0) is 18.3 Å². The number of hydrogen-bond acceptors (Lipinski definition) is 6. The van der Waals surface area contributed by atoms with Crippen molar-refractivity contribution >= 4 is 22.4 Å². The minimum absolute atomic E-state index is 0.101. The molecule has 7 nitrogen and oxygen atoms in total. The Morgan fingerprint density at radius 3 is 2.88 bits per heavy atom. The van der Waals surface area contributed by atoms with E-state index in [1.807, 2.05) is 44.5 Å². The lowest BCUT2D eigenvalue weighted by Gasteiger charge is -2.03. The summed E-state index contributed by atoms with van der Waals surface area (Å²) < 4.78 is 12.5. The van der Waals surface area contributed by atoms with Crippen LogP contribution < -0.4 is 14.8 Å². The molecule has 0 saturated carbocycles. The number of nitrogens with zero attached hydrogens (tertiary/aromatic N) is 3. The monoisotopic (exact) mass is 370 g/mol. The fourth-order valence-electron chi connectivity index (χ4n) is 2.92. The van der Waals surface area contributed by atoms with Crippen LogP contribution in [0.15, 0.2) is 23.6 Å². The second-order valence-corrected chi connectivity index (χ2v) is 6.96. The van der Waals surface area contributed by atoms with Crippen molar-refractivity contribution in [3.05, 3.63) is 40.5 Å². The van der Waals surface area contributed by atoms with E-state index in [0.29, 0.717) is 10.9 Å². The molecule has 0 radical (unpaired) electrons. The summed E-state index contributed by atoms with van der Waals surface area (Å²) in [4.78, 5) is 16.9. The average molecular weight is 370 g/mol. The van der Waals surface area contributed by atoms with Gasteiger partial charge in [0.1, 0.15) is 0 Å². The molecule has 0 aliphatic carbocycles. The van der Waals surface area contributed by atoms with Gasteiger partial charge in [0.05, 0.1) is 17.8 Å². The van der Waals surface area contributed by atoms with E-state index in [-0.39, 0.29) is 19.1 Å². The number of aromatic nitrogens is 3. The van der Waals surface area contributed by atoms with Crippen molar-refractivity contribution in [3.8, 4) is 22.8 Å². The molecular formula is C18H18N4O3S. The molecule has 134 valence electrons. The predicted octanol–water partition coefficient (Wildman–Crippen LogP) is 3.07. The topological polar surface area (TPSA) is 78.3 Å². The van der Waals surface area contributed by atoms with Gasteiger partial charge in [0.25, 0.3) is 0 Å². The van der Waals surface area contributed by atoms with Gasteiger partial charge in [-0.1, -0.05) is 0 Å². The van der Waals surface area contributed by atoms with E-state index < -0.39 is 0 Å². The first-order valence-electron chi connectivity index (χ1n) is 8.16. The van der Waals surface area contributed by atoms with Crippen molar-refractivity contribution in [2.24, 2.45) is 7.05 Å². The van der Waals surface area contributed by atoms with Gasteiger partial charge in [-0.25, -0.2) is 4.98 Å². The zero-order chi connectivity index (χ0) is 18.3. The lowest BCUT2D eigenvalue weighted by Crippen LogP contribution is -2.15. The van der Waals surface area contributed by atoms with Crippen LogP contribution in [0.2, 0.25) is 0 Å². The summed E-state index contributed by atoms with van der Waals surface area (Å²) in [6, 6.07) is 5.69. The largest absolute Gasteiger partial charge is 0.454 e. The molecule has 0 unspecified atom stereocenters. The lowest BCUT2D eigenvalue weighted by molar-refractivity contribution is -0.115. The standard InChI is InChI=1S/C18H18N4O3S/c1-10-13(11(2)22(3)21-10)7-17(23)20-18-19-14(8-26-18)12-4-5-15-16(6-12)25-9-24-15/h4-6,8H,7,9H2,1-3H3,(H,19,20,23). The third-order valence-corrected chi connectivity index (χ3v) is 5.17. The van der Waals surface area contributed by atoms with E-state index >= 15 is 0 Å². The highest BCUT2D eigenvalue weighted by atomic mass is 32.1. The van der Waals surface area contributed by atoms with E-state index in [0.717, 1.165) is 34.0 Å². The van der Waals surface area contributed by atoms with Gasteiger partial charge in [0.2, 0.25) is 12.7 Å². The van der Waals surface area contributed by atoms with Crippen LogP contribution in [0.4, 0.5) is 5.13 Å². The van der Waals surface area contributed by atoms with E-state index in [4.69, 9.17) is 9.47 Å². The normalized spacial score (nSPS) is 12.4. The number of rotatable bonds is 4. The van der Waals surface area contributed by atoms with Gasteiger partial charge in [-0.3, -0.25) is 9.48 Å². The highest BCUT2D eigenvalue weighted by Crippen LogP contribution is 2.36. The molecule has 1 amide bonds. The first kappa shape index (κ1) is 16.6. The molecule has 26 heavy (non-hydrogen) atoms. The zero-order valence-electron chi connectivity index (χ0n) is 14.7. The summed E-state index contributed by atoms with van der Waals surface area (Å²) >= 11 is 1.39. The number of amides is 1. The first-order valence-corrected chi connectivity index (χ1v) is 9.03. The van der Waals surface area contributed by atoms with Crippen LogP contribution in [0.25, 0.3) is 11.3 Å². The highest BCUT2D eigenvalue weighted by molar-refractivity contribution is 7.14. The number of ether oxygens (including phenoxy) is 2. The van der Waals surface area contributed by atoms with Crippen LogP contribution in [0.3, 0.4) is 0 Å². The Bertz CT molecular complexity index is 992. The van der Waals surface area contributed by atoms with Crippen LogP contribution in [0.5, 0.6) is 11.5 Å².